The van der Waals surface area contributed by atoms with E-state index in [0.29, 0.717) is 11.8 Å². The lowest BCUT2D eigenvalue weighted by Gasteiger charge is -2.42. The van der Waals surface area contributed by atoms with Crippen molar-refractivity contribution in [3.63, 3.8) is 0 Å². The van der Waals surface area contributed by atoms with Crippen molar-refractivity contribution in [1.82, 2.24) is 9.47 Å². The van der Waals surface area contributed by atoms with E-state index in [0.717, 1.165) is 13.1 Å². The second-order valence-electron chi connectivity index (χ2n) is 6.16. The molecule has 3 nitrogen and oxygen atoms in total. The quantitative estimate of drug-likeness (QED) is 0.777. The van der Waals surface area contributed by atoms with Gasteiger partial charge in [0.25, 0.3) is 5.56 Å². The Kier molecular flexibility index (Phi) is 3.74. The summed E-state index contributed by atoms with van der Waals surface area (Å²) in [6, 6.07) is 5.77. The lowest BCUT2D eigenvalue weighted by atomic mass is 9.83. The van der Waals surface area contributed by atoms with Crippen molar-refractivity contribution < 1.29 is 0 Å². The van der Waals surface area contributed by atoms with Gasteiger partial charge in [0.15, 0.2) is 0 Å². The first kappa shape index (κ1) is 12.9. The molecular formula is C16H24N2O. The number of pyridine rings is 1. The zero-order valence-electron chi connectivity index (χ0n) is 11.8. The highest BCUT2D eigenvalue weighted by Crippen LogP contribution is 2.34. The number of rotatable bonds is 4. The van der Waals surface area contributed by atoms with Crippen molar-refractivity contribution in [3.05, 3.63) is 34.2 Å². The molecular weight excluding hydrogens is 236 g/mol. The second kappa shape index (κ2) is 5.49. The lowest BCUT2D eigenvalue weighted by molar-refractivity contribution is 0.118. The monoisotopic (exact) mass is 260 g/mol. The molecule has 1 aromatic heterocycles. The highest BCUT2D eigenvalue weighted by molar-refractivity contribution is 5.16. The van der Waals surface area contributed by atoms with Gasteiger partial charge in [-0.15, -0.1) is 0 Å². The fourth-order valence-corrected chi connectivity index (χ4v) is 3.76. The first-order chi connectivity index (χ1) is 9.28. The minimum atomic E-state index is 0.187. The maximum Gasteiger partial charge on any atom is 0.250 e. The number of unbranched alkanes of at least 4 members (excludes halogenated alkanes) is 2. The largest absolute Gasteiger partial charge is 0.312 e. The van der Waals surface area contributed by atoms with Gasteiger partial charge in [-0.25, -0.2) is 0 Å². The average Bonchev–Trinajstić information content (AvgIpc) is 2.40. The van der Waals surface area contributed by atoms with E-state index >= 15 is 0 Å². The van der Waals surface area contributed by atoms with Crippen molar-refractivity contribution in [1.29, 1.82) is 0 Å². The van der Waals surface area contributed by atoms with Gasteiger partial charge in [0.05, 0.1) is 0 Å². The Balaban J connectivity index is 1.74. The molecule has 0 N–H and O–H groups in total. The van der Waals surface area contributed by atoms with Crippen LogP contribution in [0.25, 0.3) is 0 Å². The standard InChI is InChI=1S/C16H24N2O/c1-2-3-4-8-17-10-13-9-14(12-17)15-6-5-7-16(19)18(15)11-13/h5-7,13-14H,2-4,8-12H2,1H3/t13-,14+/m1/s1. The Bertz CT molecular complexity index is 494. The summed E-state index contributed by atoms with van der Waals surface area (Å²) in [5.74, 6) is 1.25. The van der Waals surface area contributed by atoms with Crippen molar-refractivity contribution in [2.75, 3.05) is 19.6 Å². The molecule has 0 aliphatic carbocycles. The van der Waals surface area contributed by atoms with Crippen LogP contribution in [0.3, 0.4) is 0 Å². The molecule has 1 aromatic rings. The number of hydrogen-bond donors (Lipinski definition) is 0. The molecule has 2 aliphatic rings. The third-order valence-corrected chi connectivity index (χ3v) is 4.63. The van der Waals surface area contributed by atoms with Crippen LogP contribution in [0, 0.1) is 5.92 Å². The highest BCUT2D eigenvalue weighted by Gasteiger charge is 2.33. The van der Waals surface area contributed by atoms with Gasteiger partial charge < -0.3 is 9.47 Å². The third-order valence-electron chi connectivity index (χ3n) is 4.63. The Morgan fingerprint density at radius 1 is 1.21 bits per heavy atom. The Morgan fingerprint density at radius 3 is 2.95 bits per heavy atom. The van der Waals surface area contributed by atoms with E-state index < -0.39 is 0 Å². The van der Waals surface area contributed by atoms with Crippen LogP contribution in [0.15, 0.2) is 23.0 Å². The number of nitrogens with zero attached hydrogens (tertiary/aromatic N) is 2. The van der Waals surface area contributed by atoms with Crippen molar-refractivity contribution in [2.45, 2.75) is 45.1 Å². The van der Waals surface area contributed by atoms with Gasteiger partial charge >= 0.3 is 0 Å². The molecule has 2 aliphatic heterocycles. The van der Waals surface area contributed by atoms with Crippen molar-refractivity contribution >= 4 is 0 Å². The molecule has 0 unspecified atom stereocenters. The van der Waals surface area contributed by atoms with Crippen LogP contribution in [0.1, 0.15) is 44.2 Å². The molecule has 104 valence electrons. The van der Waals surface area contributed by atoms with Gasteiger partial charge in [0.2, 0.25) is 0 Å². The minimum Gasteiger partial charge on any atom is -0.312 e. The molecule has 0 radical (unpaired) electrons. The van der Waals surface area contributed by atoms with Crippen molar-refractivity contribution in [3.8, 4) is 0 Å². The van der Waals surface area contributed by atoms with Crippen LogP contribution < -0.4 is 5.56 Å². The van der Waals surface area contributed by atoms with Gasteiger partial charge in [0, 0.05) is 37.3 Å². The van der Waals surface area contributed by atoms with E-state index in [2.05, 4.69) is 17.9 Å². The molecule has 3 rings (SSSR count). The van der Waals surface area contributed by atoms with E-state index in [4.69, 9.17) is 0 Å². The topological polar surface area (TPSA) is 25.2 Å². The molecule has 3 heterocycles. The number of piperidine rings is 1. The summed E-state index contributed by atoms with van der Waals surface area (Å²) in [5.41, 5.74) is 1.45. The maximum absolute atomic E-state index is 11.9. The SMILES string of the molecule is CCCCCN1C[C@H]2C[C@@H](C1)c1cccc(=O)n1C2. The molecule has 0 aromatic carbocycles. The molecule has 19 heavy (non-hydrogen) atoms. The predicted octanol–water partition coefficient (Wildman–Crippen LogP) is 2.46. The van der Waals surface area contributed by atoms with Crippen LogP contribution in [0.4, 0.5) is 0 Å². The summed E-state index contributed by atoms with van der Waals surface area (Å²) < 4.78 is 2.02. The molecule has 0 amide bonds. The molecule has 1 fully saturated rings. The zero-order valence-corrected chi connectivity index (χ0v) is 11.8. The van der Waals surface area contributed by atoms with Gasteiger partial charge in [-0.1, -0.05) is 25.8 Å². The predicted molar refractivity (Wildman–Crippen MR) is 77.5 cm³/mol. The first-order valence-electron chi connectivity index (χ1n) is 7.70. The average molecular weight is 260 g/mol. The van der Waals surface area contributed by atoms with Crippen molar-refractivity contribution in [2.24, 2.45) is 5.92 Å². The van der Waals surface area contributed by atoms with Crippen LogP contribution in [-0.4, -0.2) is 29.1 Å². The van der Waals surface area contributed by atoms with E-state index in [1.54, 1.807) is 6.07 Å². The fourth-order valence-electron chi connectivity index (χ4n) is 3.76. The van der Waals surface area contributed by atoms with E-state index in [1.165, 1.54) is 44.5 Å². The molecule has 0 saturated carbocycles. The smallest absolute Gasteiger partial charge is 0.250 e. The van der Waals surface area contributed by atoms with Gasteiger partial charge in [-0.3, -0.25) is 4.79 Å². The van der Waals surface area contributed by atoms with Crippen LogP contribution in [-0.2, 0) is 6.54 Å². The molecule has 0 spiro atoms. The Labute approximate surface area is 115 Å². The zero-order chi connectivity index (χ0) is 13.2. The number of hydrogen-bond acceptors (Lipinski definition) is 2. The number of likely N-dealkylation sites (tertiary alicyclic amines) is 1. The number of fused-ring (bicyclic) bond motifs is 4. The molecule has 3 heteroatoms. The summed E-state index contributed by atoms with van der Waals surface area (Å²) >= 11 is 0. The molecule has 2 bridgehead atoms. The third kappa shape index (κ3) is 2.62. The van der Waals surface area contributed by atoms with Gasteiger partial charge in [-0.05, 0) is 31.4 Å². The maximum atomic E-state index is 11.9. The lowest BCUT2D eigenvalue weighted by Crippen LogP contribution is -2.47. The molecule has 2 atom stereocenters. The normalized spacial score (nSPS) is 26.2. The number of aromatic nitrogens is 1. The van der Waals surface area contributed by atoms with E-state index in [-0.39, 0.29) is 5.56 Å². The summed E-state index contributed by atoms with van der Waals surface area (Å²) in [4.78, 5) is 14.6. The fraction of sp³-hybridized carbons (Fsp3) is 0.688. The summed E-state index contributed by atoms with van der Waals surface area (Å²) in [6.45, 7) is 6.74. The van der Waals surface area contributed by atoms with E-state index in [1.807, 2.05) is 10.6 Å². The van der Waals surface area contributed by atoms with Gasteiger partial charge in [0.1, 0.15) is 0 Å². The molecule has 1 saturated heterocycles. The van der Waals surface area contributed by atoms with Crippen LogP contribution in [0.2, 0.25) is 0 Å². The Hall–Kier alpha value is -1.09. The highest BCUT2D eigenvalue weighted by atomic mass is 16.1. The summed E-state index contributed by atoms with van der Waals surface area (Å²) in [7, 11) is 0. The van der Waals surface area contributed by atoms with Crippen LogP contribution >= 0.6 is 0 Å². The van der Waals surface area contributed by atoms with E-state index in [9.17, 15) is 4.79 Å². The minimum absolute atomic E-state index is 0.187. The summed E-state index contributed by atoms with van der Waals surface area (Å²) in [6.07, 6.45) is 5.21. The Morgan fingerprint density at radius 2 is 2.11 bits per heavy atom. The van der Waals surface area contributed by atoms with Gasteiger partial charge in [-0.2, -0.15) is 0 Å². The second-order valence-corrected chi connectivity index (χ2v) is 6.16. The van der Waals surface area contributed by atoms with Crippen LogP contribution in [0.5, 0.6) is 0 Å². The summed E-state index contributed by atoms with van der Waals surface area (Å²) in [5, 5.41) is 0. The first-order valence-corrected chi connectivity index (χ1v) is 7.70.